The van der Waals surface area contributed by atoms with Gasteiger partial charge in [-0.2, -0.15) is 10.5 Å². The number of methoxy groups -OCH3 is 1. The highest BCUT2D eigenvalue weighted by molar-refractivity contribution is 5.74. The van der Waals surface area contributed by atoms with Gasteiger partial charge < -0.3 is 15.8 Å². The lowest BCUT2D eigenvalue weighted by atomic mass is 10.1. The molecule has 0 atom stereocenters. The fraction of sp³-hybridized carbons (Fsp3) is 0.125. The summed E-state index contributed by atoms with van der Waals surface area (Å²) in [6.45, 7) is 0. The van der Waals surface area contributed by atoms with Crippen LogP contribution in [0.25, 0.3) is 0 Å². The highest BCUT2D eigenvalue weighted by atomic mass is 16.5. The number of rotatable bonds is 4. The Labute approximate surface area is 123 Å². The summed E-state index contributed by atoms with van der Waals surface area (Å²) in [6.07, 6.45) is 0.235. The lowest BCUT2D eigenvalue weighted by Crippen LogP contribution is -2.00. The van der Waals surface area contributed by atoms with Crippen molar-refractivity contribution in [3.05, 3.63) is 47.5 Å². The molecule has 5 heteroatoms. The molecule has 2 aromatic rings. The number of nitrogens with one attached hydrogen (secondary N) is 1. The number of nitrogen functional groups attached to an aromatic ring is 1. The van der Waals surface area contributed by atoms with E-state index in [0.29, 0.717) is 22.7 Å². The van der Waals surface area contributed by atoms with E-state index < -0.39 is 0 Å². The Morgan fingerprint density at radius 2 is 2.05 bits per heavy atom. The molecule has 0 aliphatic carbocycles. The molecule has 3 N–H and O–H groups in total. The zero-order valence-electron chi connectivity index (χ0n) is 11.6. The van der Waals surface area contributed by atoms with Gasteiger partial charge in [0, 0.05) is 11.4 Å². The van der Waals surface area contributed by atoms with Gasteiger partial charge in [0.1, 0.15) is 11.8 Å². The third-order valence-electron chi connectivity index (χ3n) is 3.05. The summed E-state index contributed by atoms with van der Waals surface area (Å²) in [6, 6.07) is 14.8. The second kappa shape index (κ2) is 6.31. The van der Waals surface area contributed by atoms with Crippen LogP contribution in [0.2, 0.25) is 0 Å². The number of nitrogens with zero attached hydrogens (tertiary/aromatic N) is 2. The fourth-order valence-electron chi connectivity index (χ4n) is 1.99. The van der Waals surface area contributed by atoms with E-state index in [1.807, 2.05) is 0 Å². The number of para-hydroxylation sites is 1. The molecule has 0 fully saturated rings. The molecule has 5 nitrogen and oxygen atoms in total. The highest BCUT2D eigenvalue weighted by Crippen LogP contribution is 2.31. The molecule has 2 rings (SSSR count). The van der Waals surface area contributed by atoms with Gasteiger partial charge in [-0.3, -0.25) is 0 Å². The van der Waals surface area contributed by atoms with Crippen molar-refractivity contribution in [2.45, 2.75) is 6.42 Å². The van der Waals surface area contributed by atoms with Crippen LogP contribution in [-0.4, -0.2) is 7.11 Å². The van der Waals surface area contributed by atoms with E-state index >= 15 is 0 Å². The first kappa shape index (κ1) is 14.2. The summed E-state index contributed by atoms with van der Waals surface area (Å²) < 4.78 is 5.27. The molecule has 0 bridgehead atoms. The van der Waals surface area contributed by atoms with Crippen LogP contribution in [-0.2, 0) is 6.42 Å². The number of benzene rings is 2. The summed E-state index contributed by atoms with van der Waals surface area (Å²) >= 11 is 0. The predicted molar refractivity (Wildman–Crippen MR) is 81.2 cm³/mol. The molecule has 0 saturated heterocycles. The molecule has 104 valence electrons. The third kappa shape index (κ3) is 3.05. The molecule has 0 heterocycles. The summed E-state index contributed by atoms with van der Waals surface area (Å²) in [5.41, 5.74) is 8.96. The monoisotopic (exact) mass is 278 g/mol. The van der Waals surface area contributed by atoms with E-state index in [0.717, 1.165) is 11.3 Å². The number of nitrogens with two attached hydrogens (primary N) is 1. The molecule has 0 aromatic heterocycles. The highest BCUT2D eigenvalue weighted by Gasteiger charge is 2.10. The van der Waals surface area contributed by atoms with Gasteiger partial charge in [0.25, 0.3) is 0 Å². The fourth-order valence-corrected chi connectivity index (χ4v) is 1.99. The molecule has 0 aliphatic rings. The van der Waals surface area contributed by atoms with Gasteiger partial charge in [-0.1, -0.05) is 6.07 Å². The van der Waals surface area contributed by atoms with Crippen molar-refractivity contribution in [3.8, 4) is 17.9 Å². The number of anilines is 3. The summed E-state index contributed by atoms with van der Waals surface area (Å²) in [7, 11) is 1.55. The Bertz CT molecular complexity index is 741. The third-order valence-corrected chi connectivity index (χ3v) is 3.05. The minimum absolute atomic E-state index is 0.235. The van der Waals surface area contributed by atoms with E-state index in [9.17, 15) is 5.26 Å². The smallest absolute Gasteiger partial charge is 0.143 e. The average molecular weight is 278 g/mol. The molecular weight excluding hydrogens is 264 g/mol. The maximum Gasteiger partial charge on any atom is 0.143 e. The predicted octanol–water partition coefficient (Wildman–Crippen LogP) is 2.96. The lowest BCUT2D eigenvalue weighted by molar-refractivity contribution is 0.416. The van der Waals surface area contributed by atoms with Gasteiger partial charge >= 0.3 is 0 Å². The molecule has 0 amide bonds. The van der Waals surface area contributed by atoms with E-state index in [4.69, 9.17) is 15.7 Å². The Morgan fingerprint density at radius 1 is 1.24 bits per heavy atom. The van der Waals surface area contributed by atoms with Crippen molar-refractivity contribution in [2.75, 3.05) is 18.2 Å². The van der Waals surface area contributed by atoms with Crippen molar-refractivity contribution in [2.24, 2.45) is 0 Å². The zero-order valence-corrected chi connectivity index (χ0v) is 11.6. The quantitative estimate of drug-likeness (QED) is 0.838. The average Bonchev–Trinajstić information content (AvgIpc) is 2.51. The Hall–Kier alpha value is -3.18. The zero-order chi connectivity index (χ0) is 15.2. The number of hydrogen-bond donors (Lipinski definition) is 2. The topological polar surface area (TPSA) is 94.9 Å². The first-order valence-electron chi connectivity index (χ1n) is 6.29. The molecular formula is C16H14N4O. The molecule has 0 radical (unpaired) electrons. The van der Waals surface area contributed by atoms with E-state index in [1.165, 1.54) is 0 Å². The minimum atomic E-state index is 0.235. The van der Waals surface area contributed by atoms with Gasteiger partial charge in [-0.15, -0.1) is 0 Å². The normalized spacial score (nSPS) is 9.48. The van der Waals surface area contributed by atoms with E-state index in [-0.39, 0.29) is 6.42 Å². The van der Waals surface area contributed by atoms with Crippen molar-refractivity contribution in [3.63, 3.8) is 0 Å². The van der Waals surface area contributed by atoms with Crippen molar-refractivity contribution in [1.29, 1.82) is 10.5 Å². The lowest BCUT2D eigenvalue weighted by Gasteiger charge is -2.14. The maximum atomic E-state index is 9.19. The van der Waals surface area contributed by atoms with E-state index in [1.54, 1.807) is 43.5 Å². The van der Waals surface area contributed by atoms with Crippen LogP contribution >= 0.6 is 0 Å². The van der Waals surface area contributed by atoms with Gasteiger partial charge in [0.2, 0.25) is 0 Å². The van der Waals surface area contributed by atoms with Crippen molar-refractivity contribution >= 4 is 17.1 Å². The Morgan fingerprint density at radius 3 is 2.71 bits per heavy atom. The van der Waals surface area contributed by atoms with Crippen LogP contribution in [0.5, 0.6) is 5.75 Å². The van der Waals surface area contributed by atoms with Crippen LogP contribution in [0.1, 0.15) is 11.1 Å². The Balaban J connectivity index is 2.41. The second-order valence-electron chi connectivity index (χ2n) is 4.37. The molecule has 2 aromatic carbocycles. The van der Waals surface area contributed by atoms with Crippen LogP contribution in [0.4, 0.5) is 17.1 Å². The van der Waals surface area contributed by atoms with Gasteiger partial charge in [-0.25, -0.2) is 0 Å². The van der Waals surface area contributed by atoms with Gasteiger partial charge in [0.05, 0.1) is 30.9 Å². The minimum Gasteiger partial charge on any atom is -0.495 e. The van der Waals surface area contributed by atoms with E-state index in [2.05, 4.69) is 17.5 Å². The second-order valence-corrected chi connectivity index (χ2v) is 4.37. The maximum absolute atomic E-state index is 9.19. The molecule has 21 heavy (non-hydrogen) atoms. The summed E-state index contributed by atoms with van der Waals surface area (Å²) in [4.78, 5) is 0. The summed E-state index contributed by atoms with van der Waals surface area (Å²) in [5, 5.41) is 21.1. The molecule has 0 saturated carbocycles. The SMILES string of the molecule is COc1cccc(C#N)c1Nc1ccc(N)c(CC#N)c1. The van der Waals surface area contributed by atoms with Crippen LogP contribution in [0, 0.1) is 22.7 Å². The van der Waals surface area contributed by atoms with Gasteiger partial charge in [-0.05, 0) is 35.9 Å². The molecule has 0 spiro atoms. The first-order chi connectivity index (χ1) is 10.2. The first-order valence-corrected chi connectivity index (χ1v) is 6.29. The van der Waals surface area contributed by atoms with Gasteiger partial charge in [0.15, 0.2) is 0 Å². The molecule has 0 unspecified atom stereocenters. The summed E-state index contributed by atoms with van der Waals surface area (Å²) in [5.74, 6) is 0.577. The van der Waals surface area contributed by atoms with Crippen LogP contribution in [0.3, 0.4) is 0 Å². The number of ether oxygens (including phenoxy) is 1. The number of nitriles is 2. The Kier molecular flexibility index (Phi) is 4.28. The van der Waals surface area contributed by atoms with Crippen molar-refractivity contribution in [1.82, 2.24) is 0 Å². The van der Waals surface area contributed by atoms with Crippen LogP contribution in [0.15, 0.2) is 36.4 Å². The molecule has 0 aliphatic heterocycles. The van der Waals surface area contributed by atoms with Crippen molar-refractivity contribution < 1.29 is 4.74 Å². The standard InChI is InChI=1S/C16H14N4O/c1-21-15-4-2-3-12(10-18)16(15)20-13-5-6-14(19)11(9-13)7-8-17/h2-6,9,20H,7,19H2,1H3. The van der Waals surface area contributed by atoms with Crippen LogP contribution < -0.4 is 15.8 Å². The largest absolute Gasteiger partial charge is 0.495 e. The number of hydrogen-bond acceptors (Lipinski definition) is 5.